The van der Waals surface area contributed by atoms with Crippen molar-refractivity contribution in [3.8, 4) is 11.5 Å². The number of benzene rings is 1. The third-order valence-electron chi connectivity index (χ3n) is 3.29. The summed E-state index contributed by atoms with van der Waals surface area (Å²) in [5, 5.41) is 0. The van der Waals surface area contributed by atoms with Crippen molar-refractivity contribution in [2.75, 3.05) is 14.2 Å². The van der Waals surface area contributed by atoms with Gasteiger partial charge in [-0.15, -0.1) is 0 Å². The Morgan fingerprint density at radius 2 is 1.71 bits per heavy atom. The fraction of sp³-hybridized carbons (Fsp3) is 0.500. The molecular formula is C16H20O5. The summed E-state index contributed by atoms with van der Waals surface area (Å²) in [4.78, 5) is 24.4. The van der Waals surface area contributed by atoms with E-state index in [1.165, 1.54) is 14.2 Å². The molecule has 0 fully saturated rings. The van der Waals surface area contributed by atoms with Crippen LogP contribution in [0.15, 0.2) is 12.1 Å². The van der Waals surface area contributed by atoms with E-state index in [-0.39, 0.29) is 12.2 Å². The summed E-state index contributed by atoms with van der Waals surface area (Å²) in [7, 11) is 3.05. The van der Waals surface area contributed by atoms with Crippen molar-refractivity contribution in [1.82, 2.24) is 0 Å². The molecule has 0 spiro atoms. The molecular weight excluding hydrogens is 272 g/mol. The number of esters is 1. The molecule has 114 valence electrons. The molecule has 1 aliphatic rings. The first-order chi connectivity index (χ1) is 9.76. The molecule has 0 bridgehead atoms. The highest BCUT2D eigenvalue weighted by Crippen LogP contribution is 2.39. The SMILES string of the molecule is COc1cc2c(cc1OC)C(C(=O)OC(C)(C)C)C(=O)C2. The minimum absolute atomic E-state index is 0.158. The second kappa shape index (κ2) is 5.39. The largest absolute Gasteiger partial charge is 0.493 e. The van der Waals surface area contributed by atoms with Gasteiger partial charge in [0.2, 0.25) is 0 Å². The van der Waals surface area contributed by atoms with Crippen LogP contribution in [0, 0.1) is 0 Å². The molecule has 0 N–H and O–H groups in total. The van der Waals surface area contributed by atoms with Gasteiger partial charge in [-0.25, -0.2) is 0 Å². The molecule has 0 heterocycles. The van der Waals surface area contributed by atoms with E-state index in [1.54, 1.807) is 32.9 Å². The fourth-order valence-electron chi connectivity index (χ4n) is 2.44. The van der Waals surface area contributed by atoms with Crippen molar-refractivity contribution in [2.24, 2.45) is 0 Å². The van der Waals surface area contributed by atoms with E-state index in [0.29, 0.717) is 17.1 Å². The molecule has 1 aliphatic carbocycles. The van der Waals surface area contributed by atoms with E-state index in [4.69, 9.17) is 14.2 Å². The summed E-state index contributed by atoms with van der Waals surface area (Å²) < 4.78 is 15.8. The summed E-state index contributed by atoms with van der Waals surface area (Å²) in [5.74, 6) is -0.500. The Morgan fingerprint density at radius 1 is 1.14 bits per heavy atom. The Bertz CT molecular complexity index is 583. The Kier molecular flexibility index (Phi) is 3.94. The molecule has 21 heavy (non-hydrogen) atoms. The first-order valence-electron chi connectivity index (χ1n) is 6.77. The second-order valence-corrected chi connectivity index (χ2v) is 6.02. The van der Waals surface area contributed by atoms with Gasteiger partial charge in [-0.3, -0.25) is 9.59 Å². The van der Waals surface area contributed by atoms with Gasteiger partial charge in [0.15, 0.2) is 17.3 Å². The number of ether oxygens (including phenoxy) is 3. The third kappa shape index (κ3) is 3.01. The number of carbonyl (C=O) groups excluding carboxylic acids is 2. The van der Waals surface area contributed by atoms with Gasteiger partial charge in [-0.2, -0.15) is 0 Å². The van der Waals surface area contributed by atoms with Gasteiger partial charge in [0, 0.05) is 6.42 Å². The average Bonchev–Trinajstić information content (AvgIpc) is 2.69. The molecule has 0 amide bonds. The summed E-state index contributed by atoms with van der Waals surface area (Å²) in [6.07, 6.45) is 0.208. The maximum absolute atomic E-state index is 12.3. The molecule has 5 heteroatoms. The lowest BCUT2D eigenvalue weighted by atomic mass is 10.00. The van der Waals surface area contributed by atoms with Crippen LogP contribution in [0.3, 0.4) is 0 Å². The van der Waals surface area contributed by atoms with Crippen LogP contribution in [0.1, 0.15) is 37.8 Å². The molecule has 5 nitrogen and oxygen atoms in total. The quantitative estimate of drug-likeness (QED) is 0.631. The lowest BCUT2D eigenvalue weighted by molar-refractivity contribution is -0.158. The topological polar surface area (TPSA) is 61.8 Å². The van der Waals surface area contributed by atoms with Crippen LogP contribution in [0.5, 0.6) is 11.5 Å². The molecule has 0 radical (unpaired) electrons. The number of methoxy groups -OCH3 is 2. The van der Waals surface area contributed by atoms with Crippen LogP contribution < -0.4 is 9.47 Å². The molecule has 0 saturated heterocycles. The third-order valence-corrected chi connectivity index (χ3v) is 3.29. The smallest absolute Gasteiger partial charge is 0.321 e. The van der Waals surface area contributed by atoms with Crippen molar-refractivity contribution in [3.63, 3.8) is 0 Å². The van der Waals surface area contributed by atoms with Gasteiger partial charge >= 0.3 is 5.97 Å². The minimum Gasteiger partial charge on any atom is -0.493 e. The minimum atomic E-state index is -0.876. The fourth-order valence-corrected chi connectivity index (χ4v) is 2.44. The van der Waals surface area contributed by atoms with Crippen LogP contribution in [0.2, 0.25) is 0 Å². The zero-order chi connectivity index (χ0) is 15.8. The first-order valence-corrected chi connectivity index (χ1v) is 6.77. The summed E-state index contributed by atoms with van der Waals surface area (Å²) in [5.41, 5.74) is 0.803. The summed E-state index contributed by atoms with van der Waals surface area (Å²) >= 11 is 0. The summed E-state index contributed by atoms with van der Waals surface area (Å²) in [6, 6.07) is 3.43. The number of Topliss-reactive ketones (excluding diaryl/α,β-unsaturated/α-hetero) is 1. The van der Waals surface area contributed by atoms with Crippen molar-refractivity contribution in [2.45, 2.75) is 38.7 Å². The highest BCUT2D eigenvalue weighted by Gasteiger charge is 2.39. The van der Waals surface area contributed by atoms with Crippen LogP contribution in [-0.4, -0.2) is 31.6 Å². The first kappa shape index (κ1) is 15.4. The predicted octanol–water partition coefficient (Wildman–Crippen LogP) is 2.25. The zero-order valence-electron chi connectivity index (χ0n) is 13.0. The normalized spacial score (nSPS) is 17.4. The Balaban J connectivity index is 2.41. The van der Waals surface area contributed by atoms with Crippen molar-refractivity contribution >= 4 is 11.8 Å². The van der Waals surface area contributed by atoms with Crippen LogP contribution >= 0.6 is 0 Å². The summed E-state index contributed by atoms with van der Waals surface area (Å²) in [6.45, 7) is 5.33. The number of carbonyl (C=O) groups is 2. The highest BCUT2D eigenvalue weighted by molar-refractivity contribution is 6.08. The Morgan fingerprint density at radius 3 is 2.24 bits per heavy atom. The van der Waals surface area contributed by atoms with Crippen LogP contribution in [-0.2, 0) is 20.7 Å². The lowest BCUT2D eigenvalue weighted by Crippen LogP contribution is -2.29. The van der Waals surface area contributed by atoms with Gasteiger partial charge in [0.1, 0.15) is 11.5 Å². The van der Waals surface area contributed by atoms with E-state index in [2.05, 4.69) is 0 Å². The maximum Gasteiger partial charge on any atom is 0.321 e. The second-order valence-electron chi connectivity index (χ2n) is 6.02. The van der Waals surface area contributed by atoms with Gasteiger partial charge < -0.3 is 14.2 Å². The van der Waals surface area contributed by atoms with Gasteiger partial charge in [-0.05, 0) is 44.0 Å². The van der Waals surface area contributed by atoms with Crippen molar-refractivity contribution in [1.29, 1.82) is 0 Å². The van der Waals surface area contributed by atoms with E-state index >= 15 is 0 Å². The number of hydrogen-bond acceptors (Lipinski definition) is 5. The monoisotopic (exact) mass is 292 g/mol. The van der Waals surface area contributed by atoms with Gasteiger partial charge in [0.05, 0.1) is 14.2 Å². The molecule has 1 unspecified atom stereocenters. The van der Waals surface area contributed by atoms with Gasteiger partial charge in [0.25, 0.3) is 0 Å². The predicted molar refractivity (Wildman–Crippen MR) is 76.8 cm³/mol. The molecule has 0 saturated carbocycles. The number of fused-ring (bicyclic) bond motifs is 1. The molecule has 1 aromatic carbocycles. The maximum atomic E-state index is 12.3. The standard InChI is InChI=1S/C16H20O5/c1-16(2,3)21-15(18)14-10-8-13(20-5)12(19-4)7-9(10)6-11(14)17/h7-8,14H,6H2,1-5H3. The van der Waals surface area contributed by atoms with E-state index in [9.17, 15) is 9.59 Å². The molecule has 2 rings (SSSR count). The van der Waals surface area contributed by atoms with E-state index < -0.39 is 17.5 Å². The molecule has 0 aliphatic heterocycles. The van der Waals surface area contributed by atoms with Crippen molar-refractivity contribution in [3.05, 3.63) is 23.3 Å². The van der Waals surface area contributed by atoms with E-state index in [1.807, 2.05) is 0 Å². The average molecular weight is 292 g/mol. The molecule has 0 aromatic heterocycles. The number of hydrogen-bond donors (Lipinski definition) is 0. The molecule has 1 aromatic rings. The number of rotatable bonds is 3. The number of ketones is 1. The van der Waals surface area contributed by atoms with Crippen LogP contribution in [0.4, 0.5) is 0 Å². The Labute approximate surface area is 124 Å². The van der Waals surface area contributed by atoms with Gasteiger partial charge in [-0.1, -0.05) is 0 Å². The molecule has 1 atom stereocenters. The van der Waals surface area contributed by atoms with Crippen LogP contribution in [0.25, 0.3) is 0 Å². The van der Waals surface area contributed by atoms with E-state index in [0.717, 1.165) is 5.56 Å². The highest BCUT2D eigenvalue weighted by atomic mass is 16.6. The Hall–Kier alpha value is -2.04. The lowest BCUT2D eigenvalue weighted by Gasteiger charge is -2.22. The van der Waals surface area contributed by atoms with Crippen molar-refractivity contribution < 1.29 is 23.8 Å². The zero-order valence-corrected chi connectivity index (χ0v) is 13.0.